The van der Waals surface area contributed by atoms with Crippen LogP contribution in [-0.4, -0.2) is 36.0 Å². The molecule has 1 N–H and O–H groups in total. The predicted octanol–water partition coefficient (Wildman–Crippen LogP) is 2.03. The van der Waals surface area contributed by atoms with Gasteiger partial charge in [-0.05, 0) is 37.1 Å². The SMILES string of the molecule is OC[C@H]1CCCN1Cc1cc(Cl)c2c(c1)OCO2. The van der Waals surface area contributed by atoms with Crippen LogP contribution in [0.5, 0.6) is 11.5 Å². The second-order valence-electron chi connectivity index (χ2n) is 4.76. The second-order valence-corrected chi connectivity index (χ2v) is 5.17. The molecule has 4 nitrogen and oxygen atoms in total. The number of halogens is 1. The van der Waals surface area contributed by atoms with Crippen molar-refractivity contribution in [3.63, 3.8) is 0 Å². The summed E-state index contributed by atoms with van der Waals surface area (Å²) in [6.45, 7) is 2.28. The van der Waals surface area contributed by atoms with E-state index in [0.717, 1.165) is 37.2 Å². The summed E-state index contributed by atoms with van der Waals surface area (Å²) in [5.41, 5.74) is 1.10. The standard InChI is InChI=1S/C13H16ClNO3/c14-11-4-9(5-12-13(11)18-8-17-12)6-15-3-1-2-10(15)7-16/h4-5,10,16H,1-3,6-8H2/t10-/m1/s1. The van der Waals surface area contributed by atoms with Gasteiger partial charge in [-0.25, -0.2) is 0 Å². The molecule has 0 aromatic heterocycles. The molecule has 0 bridgehead atoms. The quantitative estimate of drug-likeness (QED) is 0.912. The number of rotatable bonds is 3. The predicted molar refractivity (Wildman–Crippen MR) is 68.1 cm³/mol. The molecule has 0 radical (unpaired) electrons. The molecular weight excluding hydrogens is 254 g/mol. The molecule has 2 aliphatic heterocycles. The van der Waals surface area contributed by atoms with Crippen LogP contribution in [0.3, 0.4) is 0 Å². The lowest BCUT2D eigenvalue weighted by Crippen LogP contribution is -2.31. The summed E-state index contributed by atoms with van der Waals surface area (Å²) >= 11 is 6.16. The van der Waals surface area contributed by atoms with E-state index in [9.17, 15) is 5.11 Å². The molecule has 0 unspecified atom stereocenters. The van der Waals surface area contributed by atoms with Crippen LogP contribution < -0.4 is 9.47 Å². The Morgan fingerprint density at radius 2 is 2.28 bits per heavy atom. The van der Waals surface area contributed by atoms with Gasteiger partial charge in [0.2, 0.25) is 6.79 Å². The summed E-state index contributed by atoms with van der Waals surface area (Å²) in [4.78, 5) is 2.29. The molecule has 0 spiro atoms. The molecular formula is C13H16ClNO3. The number of hydrogen-bond donors (Lipinski definition) is 1. The van der Waals surface area contributed by atoms with Crippen molar-refractivity contribution >= 4 is 11.6 Å². The fourth-order valence-corrected chi connectivity index (χ4v) is 2.94. The summed E-state index contributed by atoms with van der Waals surface area (Å²) in [5, 5.41) is 9.91. The van der Waals surface area contributed by atoms with Gasteiger partial charge >= 0.3 is 0 Å². The van der Waals surface area contributed by atoms with Crippen molar-refractivity contribution in [2.75, 3.05) is 19.9 Å². The minimum atomic E-state index is 0.221. The van der Waals surface area contributed by atoms with Gasteiger partial charge in [-0.2, -0.15) is 0 Å². The molecule has 1 aromatic carbocycles. The number of aliphatic hydroxyl groups excluding tert-OH is 1. The molecule has 2 aliphatic rings. The fourth-order valence-electron chi connectivity index (χ4n) is 2.66. The van der Waals surface area contributed by atoms with Crippen LogP contribution in [0.4, 0.5) is 0 Å². The van der Waals surface area contributed by atoms with Crippen molar-refractivity contribution in [3.05, 3.63) is 22.7 Å². The Kier molecular flexibility index (Phi) is 3.33. The van der Waals surface area contributed by atoms with E-state index < -0.39 is 0 Å². The Hall–Kier alpha value is -0.970. The highest BCUT2D eigenvalue weighted by atomic mass is 35.5. The average Bonchev–Trinajstić information content (AvgIpc) is 2.97. The third kappa shape index (κ3) is 2.16. The van der Waals surface area contributed by atoms with Gasteiger partial charge in [0.05, 0.1) is 11.6 Å². The Morgan fingerprint density at radius 3 is 3.11 bits per heavy atom. The first-order chi connectivity index (χ1) is 8.78. The first kappa shape index (κ1) is 12.1. The maximum atomic E-state index is 9.31. The Balaban J connectivity index is 1.79. The summed E-state index contributed by atoms with van der Waals surface area (Å²) < 4.78 is 10.7. The monoisotopic (exact) mass is 269 g/mol. The van der Waals surface area contributed by atoms with Crippen LogP contribution in [0, 0.1) is 0 Å². The third-order valence-electron chi connectivity index (χ3n) is 3.58. The zero-order chi connectivity index (χ0) is 12.5. The molecule has 3 rings (SSSR count). The number of fused-ring (bicyclic) bond motifs is 1. The summed E-state index contributed by atoms with van der Waals surface area (Å²) in [7, 11) is 0. The van der Waals surface area contributed by atoms with Crippen molar-refractivity contribution in [1.82, 2.24) is 4.90 Å². The Bertz CT molecular complexity index is 452. The maximum Gasteiger partial charge on any atom is 0.231 e. The van der Waals surface area contributed by atoms with Crippen molar-refractivity contribution in [2.24, 2.45) is 0 Å². The normalized spacial score (nSPS) is 22.7. The molecule has 2 heterocycles. The van der Waals surface area contributed by atoms with E-state index in [4.69, 9.17) is 21.1 Å². The van der Waals surface area contributed by atoms with Gasteiger partial charge in [0.15, 0.2) is 11.5 Å². The minimum absolute atomic E-state index is 0.221. The zero-order valence-electron chi connectivity index (χ0n) is 10.1. The summed E-state index contributed by atoms with van der Waals surface area (Å²) in [6.07, 6.45) is 2.21. The second kappa shape index (κ2) is 4.96. The van der Waals surface area contributed by atoms with E-state index in [1.54, 1.807) is 0 Å². The highest BCUT2D eigenvalue weighted by Crippen LogP contribution is 2.40. The van der Waals surface area contributed by atoms with Gasteiger partial charge in [-0.15, -0.1) is 0 Å². The lowest BCUT2D eigenvalue weighted by Gasteiger charge is -2.22. The highest BCUT2D eigenvalue weighted by molar-refractivity contribution is 6.32. The molecule has 1 aromatic rings. The lowest BCUT2D eigenvalue weighted by molar-refractivity contribution is 0.153. The number of benzene rings is 1. The van der Waals surface area contributed by atoms with E-state index in [0.29, 0.717) is 10.8 Å². The molecule has 0 saturated carbocycles. The van der Waals surface area contributed by atoms with E-state index in [2.05, 4.69) is 4.90 Å². The molecule has 0 amide bonds. The van der Waals surface area contributed by atoms with Crippen molar-refractivity contribution < 1.29 is 14.6 Å². The number of aliphatic hydroxyl groups is 1. The first-order valence-corrected chi connectivity index (χ1v) is 6.58. The van der Waals surface area contributed by atoms with Crippen LogP contribution in [0.1, 0.15) is 18.4 Å². The van der Waals surface area contributed by atoms with Crippen LogP contribution in [0.15, 0.2) is 12.1 Å². The van der Waals surface area contributed by atoms with Crippen molar-refractivity contribution in [2.45, 2.75) is 25.4 Å². The molecule has 5 heteroatoms. The molecule has 98 valence electrons. The van der Waals surface area contributed by atoms with Crippen LogP contribution in [0.25, 0.3) is 0 Å². The Labute approximate surface area is 111 Å². The number of likely N-dealkylation sites (tertiary alicyclic amines) is 1. The zero-order valence-corrected chi connectivity index (χ0v) is 10.8. The molecule has 18 heavy (non-hydrogen) atoms. The van der Waals surface area contributed by atoms with Gasteiger partial charge in [-0.1, -0.05) is 11.6 Å². The van der Waals surface area contributed by atoms with Crippen LogP contribution >= 0.6 is 11.6 Å². The van der Waals surface area contributed by atoms with E-state index in [1.165, 1.54) is 0 Å². The van der Waals surface area contributed by atoms with Gasteiger partial charge in [0.25, 0.3) is 0 Å². The Morgan fingerprint density at radius 1 is 1.39 bits per heavy atom. The molecule has 1 saturated heterocycles. The van der Waals surface area contributed by atoms with Gasteiger partial charge in [0, 0.05) is 12.6 Å². The lowest BCUT2D eigenvalue weighted by atomic mass is 10.1. The highest BCUT2D eigenvalue weighted by Gasteiger charge is 2.25. The van der Waals surface area contributed by atoms with Gasteiger partial charge in [0.1, 0.15) is 0 Å². The molecule has 1 fully saturated rings. The third-order valence-corrected chi connectivity index (χ3v) is 3.86. The topological polar surface area (TPSA) is 41.9 Å². The number of nitrogens with zero attached hydrogens (tertiary/aromatic N) is 1. The van der Waals surface area contributed by atoms with Crippen LogP contribution in [-0.2, 0) is 6.54 Å². The number of hydrogen-bond acceptors (Lipinski definition) is 4. The van der Waals surface area contributed by atoms with Gasteiger partial charge in [-0.3, -0.25) is 4.90 Å². The van der Waals surface area contributed by atoms with Crippen molar-refractivity contribution in [1.29, 1.82) is 0 Å². The molecule has 1 atom stereocenters. The fraction of sp³-hybridized carbons (Fsp3) is 0.538. The van der Waals surface area contributed by atoms with Gasteiger partial charge < -0.3 is 14.6 Å². The maximum absolute atomic E-state index is 9.31. The first-order valence-electron chi connectivity index (χ1n) is 6.21. The van der Waals surface area contributed by atoms with Crippen molar-refractivity contribution in [3.8, 4) is 11.5 Å². The van der Waals surface area contributed by atoms with E-state index >= 15 is 0 Å². The summed E-state index contributed by atoms with van der Waals surface area (Å²) in [5.74, 6) is 1.36. The van der Waals surface area contributed by atoms with Crippen LogP contribution in [0.2, 0.25) is 5.02 Å². The molecule has 0 aliphatic carbocycles. The number of ether oxygens (including phenoxy) is 2. The largest absolute Gasteiger partial charge is 0.454 e. The van der Waals surface area contributed by atoms with E-state index in [-0.39, 0.29) is 19.4 Å². The summed E-state index contributed by atoms with van der Waals surface area (Å²) in [6, 6.07) is 4.16. The average molecular weight is 270 g/mol. The smallest absolute Gasteiger partial charge is 0.231 e. The van der Waals surface area contributed by atoms with E-state index in [1.807, 2.05) is 12.1 Å². The minimum Gasteiger partial charge on any atom is -0.454 e.